The average Bonchev–Trinajstić information content (AvgIpc) is 2.12. The molecule has 0 radical (unpaired) electrons. The predicted octanol–water partition coefficient (Wildman–Crippen LogP) is 1.58. The highest BCUT2D eigenvalue weighted by Crippen LogP contribution is 2.35. The van der Waals surface area contributed by atoms with Crippen molar-refractivity contribution in [2.24, 2.45) is 5.41 Å². The quantitative estimate of drug-likeness (QED) is 0.717. The molecule has 0 amide bonds. The smallest absolute Gasteiger partial charge is 0.321 e. The zero-order valence-electron chi connectivity index (χ0n) is 9.49. The number of likely N-dealkylation sites (tertiary alicyclic amines) is 1. The van der Waals surface area contributed by atoms with E-state index in [2.05, 4.69) is 5.92 Å². The van der Waals surface area contributed by atoms with Gasteiger partial charge in [0.05, 0.1) is 0 Å². The second kappa shape index (κ2) is 4.67. The third-order valence-electron chi connectivity index (χ3n) is 3.15. The monoisotopic (exact) mass is 209 g/mol. The Hall–Kier alpha value is -1.01. The van der Waals surface area contributed by atoms with Gasteiger partial charge in [-0.25, -0.2) is 0 Å². The summed E-state index contributed by atoms with van der Waals surface area (Å²) in [6.07, 6.45) is 7.86. The average molecular weight is 209 g/mol. The summed E-state index contributed by atoms with van der Waals surface area (Å²) >= 11 is 0. The summed E-state index contributed by atoms with van der Waals surface area (Å²) in [5.41, 5.74) is -0.154. The molecule has 15 heavy (non-hydrogen) atoms. The lowest BCUT2D eigenvalue weighted by atomic mass is 9.76. The van der Waals surface area contributed by atoms with Crippen molar-refractivity contribution in [1.29, 1.82) is 0 Å². The van der Waals surface area contributed by atoms with Gasteiger partial charge in [-0.3, -0.25) is 9.69 Å². The summed E-state index contributed by atoms with van der Waals surface area (Å²) in [6, 6.07) is -0.389. The lowest BCUT2D eigenvalue weighted by Gasteiger charge is -2.43. The van der Waals surface area contributed by atoms with Gasteiger partial charge in [0.2, 0.25) is 0 Å². The van der Waals surface area contributed by atoms with Gasteiger partial charge in [0.25, 0.3) is 0 Å². The fourth-order valence-electron chi connectivity index (χ4n) is 2.44. The van der Waals surface area contributed by atoms with Gasteiger partial charge in [-0.2, -0.15) is 0 Å². The fraction of sp³-hybridized carbons (Fsp3) is 0.750. The third kappa shape index (κ3) is 2.73. The van der Waals surface area contributed by atoms with E-state index in [-0.39, 0.29) is 11.5 Å². The molecule has 3 nitrogen and oxygen atoms in total. The topological polar surface area (TPSA) is 40.5 Å². The van der Waals surface area contributed by atoms with Gasteiger partial charge in [-0.15, -0.1) is 12.3 Å². The zero-order chi connectivity index (χ0) is 11.5. The Morgan fingerprint density at radius 2 is 2.33 bits per heavy atom. The molecular formula is C12H19NO2. The van der Waals surface area contributed by atoms with Crippen molar-refractivity contribution >= 4 is 5.97 Å². The number of carboxylic acids is 1. The molecular weight excluding hydrogens is 190 g/mol. The molecule has 1 saturated heterocycles. The first-order valence-electron chi connectivity index (χ1n) is 5.39. The molecule has 3 heteroatoms. The lowest BCUT2D eigenvalue weighted by Crippen LogP contribution is -2.54. The van der Waals surface area contributed by atoms with Crippen molar-refractivity contribution in [3.63, 3.8) is 0 Å². The molecule has 1 fully saturated rings. The number of hydrogen-bond donors (Lipinski definition) is 1. The van der Waals surface area contributed by atoms with E-state index in [1.54, 1.807) is 0 Å². The maximum Gasteiger partial charge on any atom is 0.321 e. The SMILES string of the molecule is C#CCCN1CCCC(C)(C)C1C(=O)O. The Kier molecular flexibility index (Phi) is 3.76. The van der Waals surface area contributed by atoms with Crippen LogP contribution in [0.2, 0.25) is 0 Å². The van der Waals surface area contributed by atoms with Crippen LogP contribution < -0.4 is 0 Å². The van der Waals surface area contributed by atoms with Gasteiger partial charge in [0.15, 0.2) is 0 Å². The van der Waals surface area contributed by atoms with E-state index in [0.29, 0.717) is 13.0 Å². The standard InChI is InChI=1S/C12H19NO2/c1-4-5-8-13-9-6-7-12(2,3)10(13)11(14)15/h1,10H,5-9H2,2-3H3,(H,14,15). The summed E-state index contributed by atoms with van der Waals surface area (Å²) in [7, 11) is 0. The molecule has 1 rings (SSSR count). The summed E-state index contributed by atoms with van der Waals surface area (Å²) in [5, 5.41) is 9.25. The van der Waals surface area contributed by atoms with Crippen molar-refractivity contribution in [3.8, 4) is 12.3 Å². The molecule has 0 aromatic rings. The number of carbonyl (C=O) groups is 1. The maximum absolute atomic E-state index is 11.3. The number of terminal acetylenes is 1. The molecule has 0 saturated carbocycles. The largest absolute Gasteiger partial charge is 0.480 e. The van der Waals surface area contributed by atoms with E-state index in [0.717, 1.165) is 19.4 Å². The Bertz CT molecular complexity index is 278. The summed E-state index contributed by atoms with van der Waals surface area (Å²) < 4.78 is 0. The van der Waals surface area contributed by atoms with Crippen molar-refractivity contribution < 1.29 is 9.90 Å². The Morgan fingerprint density at radius 3 is 2.87 bits per heavy atom. The van der Waals surface area contributed by atoms with Gasteiger partial charge in [-0.1, -0.05) is 13.8 Å². The van der Waals surface area contributed by atoms with E-state index in [4.69, 9.17) is 6.42 Å². The highest BCUT2D eigenvalue weighted by atomic mass is 16.4. The maximum atomic E-state index is 11.3. The normalized spacial score (nSPS) is 25.8. The van der Waals surface area contributed by atoms with Gasteiger partial charge in [0.1, 0.15) is 6.04 Å². The molecule has 1 aliphatic heterocycles. The van der Waals surface area contributed by atoms with Gasteiger partial charge < -0.3 is 5.11 Å². The molecule has 0 aromatic heterocycles. The molecule has 1 aliphatic rings. The fourth-order valence-corrected chi connectivity index (χ4v) is 2.44. The lowest BCUT2D eigenvalue weighted by molar-refractivity contribution is -0.150. The predicted molar refractivity (Wildman–Crippen MR) is 59.5 cm³/mol. The van der Waals surface area contributed by atoms with E-state index < -0.39 is 5.97 Å². The van der Waals surface area contributed by atoms with Gasteiger partial charge >= 0.3 is 5.97 Å². The van der Waals surface area contributed by atoms with E-state index in [1.807, 2.05) is 18.7 Å². The first-order valence-corrected chi connectivity index (χ1v) is 5.39. The second-order valence-electron chi connectivity index (χ2n) is 4.82. The van der Waals surface area contributed by atoms with Crippen molar-refractivity contribution in [1.82, 2.24) is 4.90 Å². The Labute approximate surface area is 91.5 Å². The molecule has 84 valence electrons. The highest BCUT2D eigenvalue weighted by Gasteiger charge is 2.41. The summed E-state index contributed by atoms with van der Waals surface area (Å²) in [4.78, 5) is 13.3. The first kappa shape index (κ1) is 12.1. The van der Waals surface area contributed by atoms with Crippen molar-refractivity contribution in [3.05, 3.63) is 0 Å². The molecule has 1 heterocycles. The van der Waals surface area contributed by atoms with Gasteiger partial charge in [-0.05, 0) is 24.8 Å². The second-order valence-corrected chi connectivity index (χ2v) is 4.82. The van der Waals surface area contributed by atoms with Crippen LogP contribution in [-0.2, 0) is 4.79 Å². The molecule has 1 unspecified atom stereocenters. The van der Waals surface area contributed by atoms with Crippen molar-refractivity contribution in [2.75, 3.05) is 13.1 Å². The van der Waals surface area contributed by atoms with E-state index in [9.17, 15) is 9.90 Å². The molecule has 1 atom stereocenters. The van der Waals surface area contributed by atoms with Crippen molar-refractivity contribution in [2.45, 2.75) is 39.2 Å². The summed E-state index contributed by atoms with van der Waals surface area (Å²) in [6.45, 7) is 5.58. The minimum Gasteiger partial charge on any atom is -0.480 e. The number of piperidine rings is 1. The molecule has 1 N–H and O–H groups in total. The number of hydrogen-bond acceptors (Lipinski definition) is 2. The van der Waals surface area contributed by atoms with Crippen LogP contribution in [-0.4, -0.2) is 35.1 Å². The first-order chi connectivity index (χ1) is 6.99. The highest BCUT2D eigenvalue weighted by molar-refractivity contribution is 5.74. The van der Waals surface area contributed by atoms with Crippen LogP contribution >= 0.6 is 0 Å². The molecule has 0 aliphatic carbocycles. The van der Waals surface area contributed by atoms with Crippen LogP contribution in [0.15, 0.2) is 0 Å². The van der Waals surface area contributed by atoms with Crippen LogP contribution in [0.5, 0.6) is 0 Å². The minimum absolute atomic E-state index is 0.154. The van der Waals surface area contributed by atoms with Gasteiger partial charge in [0, 0.05) is 13.0 Å². The van der Waals surface area contributed by atoms with Crippen LogP contribution in [0.25, 0.3) is 0 Å². The number of aliphatic carboxylic acids is 1. The Morgan fingerprint density at radius 1 is 1.67 bits per heavy atom. The van der Waals surface area contributed by atoms with Crippen LogP contribution in [0.1, 0.15) is 33.1 Å². The van der Waals surface area contributed by atoms with Crippen LogP contribution in [0.4, 0.5) is 0 Å². The Balaban J connectivity index is 2.76. The molecule has 0 aromatic carbocycles. The molecule has 0 bridgehead atoms. The number of carboxylic acid groups (broad SMARTS) is 1. The summed E-state index contributed by atoms with van der Waals surface area (Å²) in [5.74, 6) is 1.84. The third-order valence-corrected chi connectivity index (χ3v) is 3.15. The minimum atomic E-state index is -0.725. The zero-order valence-corrected chi connectivity index (χ0v) is 9.49. The molecule has 0 spiro atoms. The number of nitrogens with zero attached hydrogens (tertiary/aromatic N) is 1. The van der Waals surface area contributed by atoms with E-state index >= 15 is 0 Å². The number of rotatable bonds is 3. The van der Waals surface area contributed by atoms with Crippen LogP contribution in [0.3, 0.4) is 0 Å². The van der Waals surface area contributed by atoms with E-state index in [1.165, 1.54) is 0 Å². The van der Waals surface area contributed by atoms with Crippen LogP contribution in [0, 0.1) is 17.8 Å².